The predicted octanol–water partition coefficient (Wildman–Crippen LogP) is 4.64. The van der Waals surface area contributed by atoms with Gasteiger partial charge in [0.1, 0.15) is 0 Å². The number of benzene rings is 2. The van der Waals surface area contributed by atoms with Gasteiger partial charge in [0.05, 0.1) is 6.10 Å². The maximum Gasteiger partial charge on any atom is 0.0871 e. The Labute approximate surface area is 140 Å². The van der Waals surface area contributed by atoms with Crippen molar-refractivity contribution in [3.8, 4) is 0 Å². The monoisotopic (exact) mass is 417 g/mol. The minimum Gasteiger partial charge on any atom is -0.388 e. The fourth-order valence-corrected chi connectivity index (χ4v) is 3.78. The highest BCUT2D eigenvalue weighted by atomic mass is 79.9. The Morgan fingerprint density at radius 1 is 1.10 bits per heavy atom. The standard InChI is InChI=1S/C15H14Br2ClNO/c16-10-5-9(6-11(17)7-10)15(20)13(8-19)12-3-1-2-4-14(12)18/h1-7,13,15,20H,8,19H2. The average molecular weight is 420 g/mol. The molecule has 2 aromatic carbocycles. The summed E-state index contributed by atoms with van der Waals surface area (Å²) in [5.41, 5.74) is 7.50. The lowest BCUT2D eigenvalue weighted by atomic mass is 9.89. The van der Waals surface area contributed by atoms with Crippen molar-refractivity contribution in [3.05, 3.63) is 67.6 Å². The van der Waals surface area contributed by atoms with Gasteiger partial charge in [-0.25, -0.2) is 0 Å². The van der Waals surface area contributed by atoms with Crippen molar-refractivity contribution in [1.82, 2.24) is 0 Å². The first kappa shape index (κ1) is 16.0. The first-order chi connectivity index (χ1) is 9.52. The Hall–Kier alpha value is -0.390. The molecule has 5 heteroatoms. The molecule has 0 bridgehead atoms. The third-order valence-electron chi connectivity index (χ3n) is 3.17. The molecule has 2 unspecified atom stereocenters. The molecule has 106 valence electrons. The second kappa shape index (κ2) is 7.05. The van der Waals surface area contributed by atoms with E-state index in [2.05, 4.69) is 31.9 Å². The molecule has 0 aliphatic heterocycles. The highest BCUT2D eigenvalue weighted by Gasteiger charge is 2.23. The van der Waals surface area contributed by atoms with Crippen LogP contribution in [0.2, 0.25) is 5.02 Å². The van der Waals surface area contributed by atoms with E-state index in [4.69, 9.17) is 17.3 Å². The minimum atomic E-state index is -0.714. The van der Waals surface area contributed by atoms with Gasteiger partial charge < -0.3 is 10.8 Å². The van der Waals surface area contributed by atoms with E-state index in [1.807, 2.05) is 42.5 Å². The summed E-state index contributed by atoms with van der Waals surface area (Å²) in [6.45, 7) is 0.315. The van der Waals surface area contributed by atoms with Crippen LogP contribution in [0, 0.1) is 0 Å². The molecule has 0 aliphatic carbocycles. The van der Waals surface area contributed by atoms with Crippen LogP contribution in [0.3, 0.4) is 0 Å². The maximum absolute atomic E-state index is 10.6. The van der Waals surface area contributed by atoms with Gasteiger partial charge in [-0.15, -0.1) is 0 Å². The average Bonchev–Trinajstić information content (AvgIpc) is 2.40. The van der Waals surface area contributed by atoms with Crippen LogP contribution in [-0.4, -0.2) is 11.7 Å². The molecule has 0 saturated heterocycles. The molecule has 0 fully saturated rings. The summed E-state index contributed by atoms with van der Waals surface area (Å²) >= 11 is 13.1. The van der Waals surface area contributed by atoms with Crippen LogP contribution < -0.4 is 5.73 Å². The minimum absolute atomic E-state index is 0.245. The van der Waals surface area contributed by atoms with E-state index >= 15 is 0 Å². The second-order valence-electron chi connectivity index (χ2n) is 4.51. The Morgan fingerprint density at radius 3 is 2.25 bits per heavy atom. The van der Waals surface area contributed by atoms with Crippen molar-refractivity contribution in [3.63, 3.8) is 0 Å². The van der Waals surface area contributed by atoms with Gasteiger partial charge in [-0.2, -0.15) is 0 Å². The van der Waals surface area contributed by atoms with Crippen LogP contribution in [-0.2, 0) is 0 Å². The molecule has 0 radical (unpaired) electrons. The Balaban J connectivity index is 2.39. The number of aliphatic hydroxyl groups is 1. The first-order valence-electron chi connectivity index (χ1n) is 6.11. The molecule has 3 N–H and O–H groups in total. The molecule has 2 nitrogen and oxygen atoms in total. The number of halogens is 3. The lowest BCUT2D eigenvalue weighted by Crippen LogP contribution is -2.20. The van der Waals surface area contributed by atoms with E-state index in [0.717, 1.165) is 20.1 Å². The molecule has 0 saturated carbocycles. The lowest BCUT2D eigenvalue weighted by Gasteiger charge is -2.23. The van der Waals surface area contributed by atoms with Crippen LogP contribution in [0.5, 0.6) is 0 Å². The number of nitrogens with two attached hydrogens (primary N) is 1. The van der Waals surface area contributed by atoms with Gasteiger partial charge in [-0.05, 0) is 35.4 Å². The van der Waals surface area contributed by atoms with Crippen LogP contribution in [0.25, 0.3) is 0 Å². The van der Waals surface area contributed by atoms with Gasteiger partial charge in [0, 0.05) is 26.4 Å². The Kier molecular flexibility index (Phi) is 5.64. The second-order valence-corrected chi connectivity index (χ2v) is 6.75. The van der Waals surface area contributed by atoms with Gasteiger partial charge in [0.2, 0.25) is 0 Å². The van der Waals surface area contributed by atoms with Crippen molar-refractivity contribution in [2.45, 2.75) is 12.0 Å². The normalized spacial score (nSPS) is 14.1. The zero-order valence-corrected chi connectivity index (χ0v) is 14.5. The quantitative estimate of drug-likeness (QED) is 0.758. The smallest absolute Gasteiger partial charge is 0.0871 e. The van der Waals surface area contributed by atoms with Gasteiger partial charge in [0.25, 0.3) is 0 Å². The fraction of sp³-hybridized carbons (Fsp3) is 0.200. The first-order valence-corrected chi connectivity index (χ1v) is 8.08. The zero-order valence-electron chi connectivity index (χ0n) is 10.6. The van der Waals surface area contributed by atoms with E-state index in [1.54, 1.807) is 0 Å². The van der Waals surface area contributed by atoms with Crippen molar-refractivity contribution >= 4 is 43.5 Å². The summed E-state index contributed by atoms with van der Waals surface area (Å²) in [5.74, 6) is -0.245. The highest BCUT2D eigenvalue weighted by Crippen LogP contribution is 2.35. The van der Waals surface area contributed by atoms with Gasteiger partial charge in [-0.1, -0.05) is 61.7 Å². The molecular weight excluding hydrogens is 405 g/mol. The Bertz CT molecular complexity index is 586. The summed E-state index contributed by atoms with van der Waals surface area (Å²) in [7, 11) is 0. The predicted molar refractivity (Wildman–Crippen MR) is 90.0 cm³/mol. The summed E-state index contributed by atoms with van der Waals surface area (Å²) in [6, 6.07) is 13.2. The molecule has 2 rings (SSSR count). The molecule has 0 amide bonds. The van der Waals surface area contributed by atoms with Gasteiger partial charge in [-0.3, -0.25) is 0 Å². The molecule has 0 aromatic heterocycles. The lowest BCUT2D eigenvalue weighted by molar-refractivity contribution is 0.147. The molecule has 20 heavy (non-hydrogen) atoms. The largest absolute Gasteiger partial charge is 0.388 e. The fourth-order valence-electron chi connectivity index (χ4n) is 2.18. The van der Waals surface area contributed by atoms with Crippen LogP contribution >= 0.6 is 43.5 Å². The van der Waals surface area contributed by atoms with Crippen LogP contribution in [0.1, 0.15) is 23.1 Å². The summed E-state index contributed by atoms with van der Waals surface area (Å²) < 4.78 is 1.80. The van der Waals surface area contributed by atoms with Crippen molar-refractivity contribution in [1.29, 1.82) is 0 Å². The van der Waals surface area contributed by atoms with Crippen molar-refractivity contribution in [2.24, 2.45) is 5.73 Å². The Morgan fingerprint density at radius 2 is 1.70 bits per heavy atom. The topological polar surface area (TPSA) is 46.2 Å². The number of hydrogen-bond donors (Lipinski definition) is 2. The number of hydrogen-bond acceptors (Lipinski definition) is 2. The molecule has 2 atom stereocenters. The van der Waals surface area contributed by atoms with E-state index < -0.39 is 6.10 Å². The van der Waals surface area contributed by atoms with E-state index in [0.29, 0.717) is 11.6 Å². The zero-order chi connectivity index (χ0) is 14.7. The number of aliphatic hydroxyl groups excluding tert-OH is 1. The molecule has 2 aromatic rings. The molecular formula is C15H14Br2ClNO. The summed E-state index contributed by atoms with van der Waals surface area (Å²) in [6.07, 6.45) is -0.714. The highest BCUT2D eigenvalue weighted by molar-refractivity contribution is 9.11. The third kappa shape index (κ3) is 3.62. The SMILES string of the molecule is NCC(c1ccccc1Cl)C(O)c1cc(Br)cc(Br)c1. The van der Waals surface area contributed by atoms with Crippen LogP contribution in [0.4, 0.5) is 0 Å². The third-order valence-corrected chi connectivity index (χ3v) is 4.43. The molecule has 0 aliphatic rings. The van der Waals surface area contributed by atoms with E-state index in [1.165, 1.54) is 0 Å². The van der Waals surface area contributed by atoms with E-state index in [-0.39, 0.29) is 5.92 Å². The van der Waals surface area contributed by atoms with Gasteiger partial charge in [0.15, 0.2) is 0 Å². The summed E-state index contributed by atoms with van der Waals surface area (Å²) in [4.78, 5) is 0. The van der Waals surface area contributed by atoms with E-state index in [9.17, 15) is 5.11 Å². The van der Waals surface area contributed by atoms with Crippen molar-refractivity contribution < 1.29 is 5.11 Å². The molecule has 0 heterocycles. The summed E-state index contributed by atoms with van der Waals surface area (Å²) in [5, 5.41) is 11.2. The molecule has 0 spiro atoms. The van der Waals surface area contributed by atoms with Gasteiger partial charge >= 0.3 is 0 Å². The number of rotatable bonds is 4. The van der Waals surface area contributed by atoms with Crippen LogP contribution in [0.15, 0.2) is 51.4 Å². The maximum atomic E-state index is 10.6. The van der Waals surface area contributed by atoms with Crippen molar-refractivity contribution in [2.75, 3.05) is 6.54 Å².